The first-order valence-electron chi connectivity index (χ1n) is 9.15. The molecule has 0 aromatic heterocycles. The van der Waals surface area contributed by atoms with Crippen molar-refractivity contribution in [1.82, 2.24) is 0 Å². The number of hydrogen-bond acceptors (Lipinski definition) is 4. The predicted octanol–water partition coefficient (Wildman–Crippen LogP) is 5.06. The lowest BCUT2D eigenvalue weighted by Gasteiger charge is -2.08. The number of ether oxygens (including phenoxy) is 2. The number of halogens is 1. The molecule has 0 spiro atoms. The average molecular weight is 387 g/mol. The third-order valence-corrected chi connectivity index (χ3v) is 4.56. The maximum absolute atomic E-state index is 13.9. The van der Waals surface area contributed by atoms with Crippen LogP contribution in [-0.2, 0) is 16.1 Å². The Bertz CT molecular complexity index is 1120. The fraction of sp³-hybridized carbons (Fsp3) is 0.0833. The molecule has 0 saturated carbocycles. The van der Waals surface area contributed by atoms with E-state index in [-0.39, 0.29) is 17.2 Å². The fourth-order valence-electron chi connectivity index (χ4n) is 2.91. The molecule has 0 unspecified atom stereocenters. The molecule has 1 aliphatic heterocycles. The van der Waals surface area contributed by atoms with Gasteiger partial charge in [-0.2, -0.15) is 0 Å². The Labute approximate surface area is 167 Å². The fourth-order valence-corrected chi connectivity index (χ4v) is 2.91. The SMILES string of the molecule is Cc1ccccc1COc1ccc(/C=C2\N=C(c3ccccc3F)OC2=O)cc1. The van der Waals surface area contributed by atoms with Crippen molar-refractivity contribution in [3.63, 3.8) is 0 Å². The second-order valence-electron chi connectivity index (χ2n) is 6.60. The van der Waals surface area contributed by atoms with Crippen molar-refractivity contribution < 1.29 is 18.7 Å². The van der Waals surface area contributed by atoms with Gasteiger partial charge in [0.15, 0.2) is 5.70 Å². The Kier molecular flexibility index (Phi) is 5.20. The Morgan fingerprint density at radius 2 is 1.72 bits per heavy atom. The molecule has 3 aromatic carbocycles. The molecule has 0 radical (unpaired) electrons. The van der Waals surface area contributed by atoms with Gasteiger partial charge in [-0.15, -0.1) is 0 Å². The number of rotatable bonds is 5. The maximum Gasteiger partial charge on any atom is 0.363 e. The van der Waals surface area contributed by atoms with E-state index in [9.17, 15) is 9.18 Å². The Morgan fingerprint density at radius 3 is 2.48 bits per heavy atom. The molecule has 0 aliphatic carbocycles. The summed E-state index contributed by atoms with van der Waals surface area (Å²) in [7, 11) is 0. The zero-order valence-corrected chi connectivity index (χ0v) is 15.8. The predicted molar refractivity (Wildman–Crippen MR) is 109 cm³/mol. The van der Waals surface area contributed by atoms with E-state index < -0.39 is 11.8 Å². The number of hydrogen-bond donors (Lipinski definition) is 0. The van der Waals surface area contributed by atoms with Crippen LogP contribution < -0.4 is 4.74 Å². The van der Waals surface area contributed by atoms with E-state index in [1.807, 2.05) is 55.5 Å². The van der Waals surface area contributed by atoms with Gasteiger partial charge in [-0.25, -0.2) is 14.2 Å². The molecule has 0 bridgehead atoms. The van der Waals surface area contributed by atoms with E-state index in [0.29, 0.717) is 6.61 Å². The molecule has 144 valence electrons. The van der Waals surface area contributed by atoms with Crippen molar-refractivity contribution in [2.24, 2.45) is 4.99 Å². The van der Waals surface area contributed by atoms with Gasteiger partial charge in [0.2, 0.25) is 5.90 Å². The van der Waals surface area contributed by atoms with Gasteiger partial charge in [-0.05, 0) is 54.0 Å². The molecule has 1 heterocycles. The smallest absolute Gasteiger partial charge is 0.363 e. The number of benzene rings is 3. The molecule has 0 saturated heterocycles. The van der Waals surface area contributed by atoms with Crippen LogP contribution in [0.25, 0.3) is 6.08 Å². The minimum atomic E-state index is -0.608. The van der Waals surface area contributed by atoms with Gasteiger partial charge >= 0.3 is 5.97 Å². The highest BCUT2D eigenvalue weighted by Gasteiger charge is 2.25. The maximum atomic E-state index is 13.9. The first kappa shape index (κ1) is 18.6. The quantitative estimate of drug-likeness (QED) is 0.454. The monoisotopic (exact) mass is 387 g/mol. The number of nitrogens with zero attached hydrogens (tertiary/aromatic N) is 1. The largest absolute Gasteiger partial charge is 0.489 e. The summed E-state index contributed by atoms with van der Waals surface area (Å²) in [4.78, 5) is 16.2. The zero-order valence-electron chi connectivity index (χ0n) is 15.8. The van der Waals surface area contributed by atoms with Gasteiger partial charge in [0.1, 0.15) is 18.2 Å². The Morgan fingerprint density at radius 1 is 1.00 bits per heavy atom. The van der Waals surface area contributed by atoms with E-state index in [0.717, 1.165) is 16.9 Å². The molecule has 0 N–H and O–H groups in total. The highest BCUT2D eigenvalue weighted by molar-refractivity contribution is 6.12. The van der Waals surface area contributed by atoms with Crippen LogP contribution in [-0.4, -0.2) is 11.9 Å². The first-order valence-corrected chi connectivity index (χ1v) is 9.15. The summed E-state index contributed by atoms with van der Waals surface area (Å²) in [5.41, 5.74) is 3.35. The number of carbonyl (C=O) groups excluding carboxylic acids is 1. The summed E-state index contributed by atoms with van der Waals surface area (Å²) >= 11 is 0. The normalized spacial score (nSPS) is 14.6. The molecule has 0 fully saturated rings. The minimum absolute atomic E-state index is 0.0301. The molecule has 0 amide bonds. The van der Waals surface area contributed by atoms with Crippen LogP contribution in [0.3, 0.4) is 0 Å². The molecular weight excluding hydrogens is 369 g/mol. The lowest BCUT2D eigenvalue weighted by molar-refractivity contribution is -0.129. The Balaban J connectivity index is 1.48. The minimum Gasteiger partial charge on any atom is -0.489 e. The standard InChI is InChI=1S/C24H18FNO3/c1-16-6-2-3-7-18(16)15-28-19-12-10-17(11-13-19)14-22-24(27)29-23(26-22)20-8-4-5-9-21(20)25/h2-14H,15H2,1H3/b22-14-. The van der Waals surface area contributed by atoms with Crippen molar-refractivity contribution in [3.8, 4) is 5.75 Å². The van der Waals surface area contributed by atoms with Crippen molar-refractivity contribution >= 4 is 17.9 Å². The summed E-state index contributed by atoms with van der Waals surface area (Å²) in [5, 5.41) is 0. The molecule has 5 heteroatoms. The van der Waals surface area contributed by atoms with E-state index >= 15 is 0 Å². The summed E-state index contributed by atoms with van der Waals surface area (Å²) < 4.78 is 24.8. The molecule has 0 atom stereocenters. The van der Waals surface area contributed by atoms with Gasteiger partial charge < -0.3 is 9.47 Å². The third kappa shape index (κ3) is 4.24. The third-order valence-electron chi connectivity index (χ3n) is 4.56. The van der Waals surface area contributed by atoms with Gasteiger partial charge in [0, 0.05) is 0 Å². The summed E-state index contributed by atoms with van der Waals surface area (Å²) in [6.45, 7) is 2.53. The summed E-state index contributed by atoms with van der Waals surface area (Å²) in [5.74, 6) is -0.406. The van der Waals surface area contributed by atoms with E-state index in [2.05, 4.69) is 4.99 Å². The molecule has 29 heavy (non-hydrogen) atoms. The Hall–Kier alpha value is -3.73. The number of esters is 1. The van der Waals surface area contributed by atoms with Crippen LogP contribution in [0.4, 0.5) is 4.39 Å². The van der Waals surface area contributed by atoms with E-state index in [4.69, 9.17) is 9.47 Å². The van der Waals surface area contributed by atoms with Crippen LogP contribution in [0.2, 0.25) is 0 Å². The highest BCUT2D eigenvalue weighted by Crippen LogP contribution is 2.22. The number of cyclic esters (lactones) is 1. The molecule has 1 aliphatic rings. The van der Waals surface area contributed by atoms with Gasteiger partial charge in [-0.1, -0.05) is 48.5 Å². The van der Waals surface area contributed by atoms with Crippen LogP contribution in [0.15, 0.2) is 83.5 Å². The number of carbonyl (C=O) groups is 1. The van der Waals surface area contributed by atoms with Crippen molar-refractivity contribution in [2.45, 2.75) is 13.5 Å². The van der Waals surface area contributed by atoms with Crippen molar-refractivity contribution in [1.29, 1.82) is 0 Å². The molecule has 4 rings (SSSR count). The van der Waals surface area contributed by atoms with Crippen LogP contribution >= 0.6 is 0 Å². The zero-order chi connectivity index (χ0) is 20.2. The number of aryl methyl sites for hydroxylation is 1. The van der Waals surface area contributed by atoms with Crippen LogP contribution in [0, 0.1) is 12.7 Å². The average Bonchev–Trinajstić information content (AvgIpc) is 3.09. The highest BCUT2D eigenvalue weighted by atomic mass is 19.1. The number of aliphatic imine (C=N–C) groups is 1. The lowest BCUT2D eigenvalue weighted by atomic mass is 10.1. The van der Waals surface area contributed by atoms with Crippen LogP contribution in [0.1, 0.15) is 22.3 Å². The summed E-state index contributed by atoms with van der Waals surface area (Å²) in [6, 6.07) is 21.4. The van der Waals surface area contributed by atoms with Gasteiger partial charge in [-0.3, -0.25) is 0 Å². The van der Waals surface area contributed by atoms with E-state index in [1.54, 1.807) is 18.2 Å². The van der Waals surface area contributed by atoms with Crippen molar-refractivity contribution in [2.75, 3.05) is 0 Å². The molecule has 3 aromatic rings. The topological polar surface area (TPSA) is 47.9 Å². The van der Waals surface area contributed by atoms with Gasteiger partial charge in [0.25, 0.3) is 0 Å². The van der Waals surface area contributed by atoms with E-state index in [1.165, 1.54) is 17.7 Å². The summed E-state index contributed by atoms with van der Waals surface area (Å²) in [6.07, 6.45) is 1.60. The molecular formula is C24H18FNO3. The van der Waals surface area contributed by atoms with Crippen molar-refractivity contribution in [3.05, 3.63) is 107 Å². The first-order chi connectivity index (χ1) is 14.1. The lowest BCUT2D eigenvalue weighted by Crippen LogP contribution is -2.07. The van der Waals surface area contributed by atoms with Crippen LogP contribution in [0.5, 0.6) is 5.75 Å². The molecule has 4 nitrogen and oxygen atoms in total. The van der Waals surface area contributed by atoms with Gasteiger partial charge in [0.05, 0.1) is 5.56 Å². The second kappa shape index (κ2) is 8.10. The second-order valence-corrected chi connectivity index (χ2v) is 6.60.